The Hall–Kier alpha value is -1.61. The highest BCUT2D eigenvalue weighted by molar-refractivity contribution is 5.86. The maximum atomic E-state index is 12.2. The van der Waals surface area contributed by atoms with Crippen LogP contribution in [0.2, 0.25) is 0 Å². The number of nitrogens with zero attached hydrogens (tertiary/aromatic N) is 2. The summed E-state index contributed by atoms with van der Waals surface area (Å²) in [6, 6.07) is 2.17. The Bertz CT molecular complexity index is 456. The molecule has 0 bridgehead atoms. The van der Waals surface area contributed by atoms with Gasteiger partial charge in [-0.2, -0.15) is 5.26 Å². The van der Waals surface area contributed by atoms with Crippen molar-refractivity contribution in [3.05, 3.63) is 0 Å². The van der Waals surface area contributed by atoms with Crippen LogP contribution in [0.1, 0.15) is 46.0 Å². The van der Waals surface area contributed by atoms with Crippen LogP contribution in [0.4, 0.5) is 0 Å². The molecule has 0 aromatic carbocycles. The first-order valence-corrected chi connectivity index (χ1v) is 8.09. The van der Waals surface area contributed by atoms with Gasteiger partial charge < -0.3 is 15.0 Å². The Kier molecular flexibility index (Phi) is 5.41. The highest BCUT2D eigenvalue weighted by Crippen LogP contribution is 2.37. The van der Waals surface area contributed by atoms with Gasteiger partial charge in [0.05, 0.1) is 18.3 Å². The van der Waals surface area contributed by atoms with Gasteiger partial charge in [0.1, 0.15) is 5.41 Å². The molecule has 1 aliphatic heterocycles. The van der Waals surface area contributed by atoms with Gasteiger partial charge in [-0.1, -0.05) is 12.8 Å². The summed E-state index contributed by atoms with van der Waals surface area (Å²) in [5, 5.41) is 12.0. The van der Waals surface area contributed by atoms with Crippen LogP contribution in [0.3, 0.4) is 0 Å². The molecule has 2 fully saturated rings. The smallest absolute Gasteiger partial charge is 0.240 e. The molecule has 2 aliphatic rings. The zero-order valence-corrected chi connectivity index (χ0v) is 13.4. The van der Waals surface area contributed by atoms with E-state index in [-0.39, 0.29) is 30.4 Å². The van der Waals surface area contributed by atoms with Gasteiger partial charge in [-0.3, -0.25) is 9.59 Å². The average Bonchev–Trinajstić information content (AvgIpc) is 2.96. The minimum atomic E-state index is -0.870. The van der Waals surface area contributed by atoms with E-state index in [2.05, 4.69) is 11.4 Å². The first-order valence-electron chi connectivity index (χ1n) is 8.09. The zero-order valence-electron chi connectivity index (χ0n) is 13.4. The number of carbonyl (C=O) groups excluding carboxylic acids is 2. The fourth-order valence-electron chi connectivity index (χ4n) is 3.36. The number of nitriles is 1. The number of nitrogens with one attached hydrogen (secondary N) is 1. The molecule has 22 heavy (non-hydrogen) atoms. The van der Waals surface area contributed by atoms with Crippen molar-refractivity contribution in [2.24, 2.45) is 5.41 Å². The van der Waals surface area contributed by atoms with Crippen LogP contribution < -0.4 is 5.32 Å². The fourth-order valence-corrected chi connectivity index (χ4v) is 3.36. The molecule has 0 radical (unpaired) electrons. The second-order valence-electron chi connectivity index (χ2n) is 6.46. The minimum absolute atomic E-state index is 0.0275. The van der Waals surface area contributed by atoms with Crippen LogP contribution in [-0.2, 0) is 14.3 Å². The van der Waals surface area contributed by atoms with Gasteiger partial charge in [0, 0.05) is 26.1 Å². The minimum Gasteiger partial charge on any atom is -0.372 e. The highest BCUT2D eigenvalue weighted by Gasteiger charge is 2.41. The largest absolute Gasteiger partial charge is 0.372 e. The molecule has 2 atom stereocenters. The third-order valence-electron chi connectivity index (χ3n) is 4.50. The van der Waals surface area contributed by atoms with Gasteiger partial charge in [-0.25, -0.2) is 0 Å². The molecule has 1 N–H and O–H groups in total. The van der Waals surface area contributed by atoms with Crippen LogP contribution in [0.25, 0.3) is 0 Å². The molecule has 6 heteroatoms. The molecule has 0 aromatic heterocycles. The molecule has 0 spiro atoms. The summed E-state index contributed by atoms with van der Waals surface area (Å²) in [6.07, 6.45) is 3.45. The van der Waals surface area contributed by atoms with Gasteiger partial charge in [-0.15, -0.1) is 0 Å². The van der Waals surface area contributed by atoms with Gasteiger partial charge in [0.2, 0.25) is 11.8 Å². The molecule has 122 valence electrons. The fraction of sp³-hybridized carbons (Fsp3) is 0.812. The van der Waals surface area contributed by atoms with E-state index in [4.69, 9.17) is 4.74 Å². The predicted molar refractivity (Wildman–Crippen MR) is 80.7 cm³/mol. The van der Waals surface area contributed by atoms with E-state index in [1.165, 1.54) is 0 Å². The molecule has 2 unspecified atom stereocenters. The first kappa shape index (κ1) is 16.8. The molecule has 0 aromatic rings. The van der Waals surface area contributed by atoms with Crippen molar-refractivity contribution in [1.29, 1.82) is 5.26 Å². The summed E-state index contributed by atoms with van der Waals surface area (Å²) >= 11 is 0. The summed E-state index contributed by atoms with van der Waals surface area (Å²) in [4.78, 5) is 26.2. The topological polar surface area (TPSA) is 82.4 Å². The SMILES string of the molecule is CC1CN(C(=O)CCNC(=O)C2(C#N)CCCC2)CC(C)O1. The second kappa shape index (κ2) is 7.10. The molecular formula is C16H25N3O3. The highest BCUT2D eigenvalue weighted by atomic mass is 16.5. The van der Waals surface area contributed by atoms with Crippen molar-refractivity contribution >= 4 is 11.8 Å². The number of carbonyl (C=O) groups is 2. The van der Waals surface area contributed by atoms with Crippen molar-refractivity contribution in [3.63, 3.8) is 0 Å². The van der Waals surface area contributed by atoms with Gasteiger partial charge in [0.25, 0.3) is 0 Å². The summed E-state index contributed by atoms with van der Waals surface area (Å²) in [5.41, 5.74) is -0.870. The molecule has 1 heterocycles. The van der Waals surface area contributed by atoms with Gasteiger partial charge >= 0.3 is 0 Å². The Labute approximate surface area is 131 Å². The predicted octanol–water partition coefficient (Wildman–Crippen LogP) is 1.21. The third-order valence-corrected chi connectivity index (χ3v) is 4.50. The van der Waals surface area contributed by atoms with E-state index in [0.29, 0.717) is 32.5 Å². The van der Waals surface area contributed by atoms with E-state index in [9.17, 15) is 14.9 Å². The molecule has 2 amide bonds. The van der Waals surface area contributed by atoms with E-state index in [1.54, 1.807) is 4.90 Å². The lowest BCUT2D eigenvalue weighted by atomic mass is 9.87. The summed E-state index contributed by atoms with van der Waals surface area (Å²) < 4.78 is 5.60. The Balaban J connectivity index is 1.77. The van der Waals surface area contributed by atoms with Crippen molar-refractivity contribution < 1.29 is 14.3 Å². The van der Waals surface area contributed by atoms with Crippen molar-refractivity contribution in [2.75, 3.05) is 19.6 Å². The summed E-state index contributed by atoms with van der Waals surface area (Å²) in [7, 11) is 0. The molecular weight excluding hydrogens is 282 g/mol. The van der Waals surface area contributed by atoms with Crippen molar-refractivity contribution in [1.82, 2.24) is 10.2 Å². The molecule has 1 aliphatic carbocycles. The Morgan fingerprint density at radius 2 is 1.86 bits per heavy atom. The second-order valence-corrected chi connectivity index (χ2v) is 6.46. The number of amides is 2. The van der Waals surface area contributed by atoms with Crippen molar-refractivity contribution in [3.8, 4) is 6.07 Å². The average molecular weight is 307 g/mol. The van der Waals surface area contributed by atoms with Crippen LogP contribution in [0.5, 0.6) is 0 Å². The van der Waals surface area contributed by atoms with E-state index in [1.807, 2.05) is 13.8 Å². The van der Waals surface area contributed by atoms with Crippen LogP contribution in [0, 0.1) is 16.7 Å². The van der Waals surface area contributed by atoms with E-state index < -0.39 is 5.41 Å². The number of rotatable bonds is 4. The van der Waals surface area contributed by atoms with Gasteiger partial charge in [-0.05, 0) is 26.7 Å². The summed E-state index contributed by atoms with van der Waals surface area (Å²) in [5.74, 6) is -0.191. The lowest BCUT2D eigenvalue weighted by Crippen LogP contribution is -2.49. The number of hydrogen-bond acceptors (Lipinski definition) is 4. The zero-order chi connectivity index (χ0) is 16.2. The Morgan fingerprint density at radius 3 is 2.41 bits per heavy atom. The van der Waals surface area contributed by atoms with Gasteiger partial charge in [0.15, 0.2) is 0 Å². The first-order chi connectivity index (χ1) is 10.5. The number of morpholine rings is 1. The third kappa shape index (κ3) is 3.77. The number of hydrogen-bond donors (Lipinski definition) is 1. The van der Waals surface area contributed by atoms with E-state index >= 15 is 0 Å². The maximum Gasteiger partial charge on any atom is 0.240 e. The quantitative estimate of drug-likeness (QED) is 0.846. The number of ether oxygens (including phenoxy) is 1. The van der Waals surface area contributed by atoms with Crippen LogP contribution in [-0.4, -0.2) is 48.6 Å². The molecule has 1 saturated carbocycles. The Morgan fingerprint density at radius 1 is 1.27 bits per heavy atom. The monoisotopic (exact) mass is 307 g/mol. The molecule has 6 nitrogen and oxygen atoms in total. The van der Waals surface area contributed by atoms with Crippen molar-refractivity contribution in [2.45, 2.75) is 58.2 Å². The summed E-state index contributed by atoms with van der Waals surface area (Å²) in [6.45, 7) is 5.39. The normalized spacial score (nSPS) is 27.2. The van der Waals surface area contributed by atoms with E-state index in [0.717, 1.165) is 12.8 Å². The molecule has 2 rings (SSSR count). The maximum absolute atomic E-state index is 12.2. The van der Waals surface area contributed by atoms with Crippen LogP contribution in [0.15, 0.2) is 0 Å². The molecule has 1 saturated heterocycles. The lowest BCUT2D eigenvalue weighted by Gasteiger charge is -2.35. The standard InChI is InChI=1S/C16H25N3O3/c1-12-9-19(10-13(2)22-12)14(20)5-8-18-15(21)16(11-17)6-3-4-7-16/h12-13H,3-10H2,1-2H3,(H,18,21). The van der Waals surface area contributed by atoms with Crippen LogP contribution >= 0.6 is 0 Å². The lowest BCUT2D eigenvalue weighted by molar-refractivity contribution is -0.143.